The Kier molecular flexibility index (Phi) is 5.02. The number of aromatic amines is 1. The van der Waals surface area contributed by atoms with E-state index in [1.165, 1.54) is 0 Å². The lowest BCUT2D eigenvalue weighted by Gasteiger charge is -2.29. The number of carbonyl (C=O) groups is 1. The highest BCUT2D eigenvalue weighted by Crippen LogP contribution is 2.23. The summed E-state index contributed by atoms with van der Waals surface area (Å²) in [6.07, 6.45) is 4.30. The third kappa shape index (κ3) is 3.71. The summed E-state index contributed by atoms with van der Waals surface area (Å²) in [4.78, 5) is 38.6. The molecule has 0 radical (unpaired) electrons. The highest BCUT2D eigenvalue weighted by Gasteiger charge is 2.25. The molecule has 3 aromatic rings. The van der Waals surface area contributed by atoms with Gasteiger partial charge in [0.1, 0.15) is 5.82 Å². The van der Waals surface area contributed by atoms with Crippen LogP contribution in [0, 0.1) is 0 Å². The van der Waals surface area contributed by atoms with Crippen LogP contribution in [0.3, 0.4) is 0 Å². The van der Waals surface area contributed by atoms with Crippen LogP contribution < -0.4 is 5.56 Å². The first-order valence-electron chi connectivity index (χ1n) is 9.47. The van der Waals surface area contributed by atoms with Crippen molar-refractivity contribution in [3.8, 4) is 11.4 Å². The minimum atomic E-state index is -0.124. The summed E-state index contributed by atoms with van der Waals surface area (Å²) < 4.78 is 0. The molecule has 142 valence electrons. The molecule has 4 rings (SSSR count). The van der Waals surface area contributed by atoms with Gasteiger partial charge in [-0.3, -0.25) is 14.6 Å². The molecule has 1 N–H and O–H groups in total. The van der Waals surface area contributed by atoms with Crippen molar-refractivity contribution in [3.63, 3.8) is 0 Å². The van der Waals surface area contributed by atoms with Crippen LogP contribution >= 0.6 is 0 Å². The molecule has 1 aromatic carbocycles. The van der Waals surface area contributed by atoms with Crippen molar-refractivity contribution in [2.75, 3.05) is 6.54 Å². The Bertz CT molecular complexity index is 1030. The summed E-state index contributed by atoms with van der Waals surface area (Å²) in [6, 6.07) is 13.7. The Hall–Kier alpha value is -3.28. The van der Waals surface area contributed by atoms with Crippen LogP contribution in [0.4, 0.5) is 0 Å². The SMILES string of the molecule is C[C@@H](CC(=O)N1CCc2c(nc(-c3ccncc3)[nH]c2=O)C1)c1ccccc1. The number of nitrogens with one attached hydrogen (secondary N) is 1. The number of amides is 1. The van der Waals surface area contributed by atoms with Crippen molar-refractivity contribution in [1.29, 1.82) is 0 Å². The van der Waals surface area contributed by atoms with Crippen molar-refractivity contribution in [2.24, 2.45) is 0 Å². The first kappa shape index (κ1) is 18.1. The number of carbonyl (C=O) groups excluding carboxylic acids is 1. The first-order valence-corrected chi connectivity index (χ1v) is 9.47. The second-order valence-corrected chi connectivity index (χ2v) is 7.16. The van der Waals surface area contributed by atoms with E-state index in [4.69, 9.17) is 0 Å². The summed E-state index contributed by atoms with van der Waals surface area (Å²) in [6.45, 7) is 2.99. The van der Waals surface area contributed by atoms with Gasteiger partial charge in [-0.15, -0.1) is 0 Å². The number of benzene rings is 1. The molecule has 1 aliphatic heterocycles. The first-order chi connectivity index (χ1) is 13.6. The van der Waals surface area contributed by atoms with Crippen molar-refractivity contribution in [3.05, 3.63) is 82.0 Å². The van der Waals surface area contributed by atoms with E-state index in [0.29, 0.717) is 43.0 Å². The molecule has 0 fully saturated rings. The summed E-state index contributed by atoms with van der Waals surface area (Å²) >= 11 is 0. The second-order valence-electron chi connectivity index (χ2n) is 7.16. The third-order valence-electron chi connectivity index (χ3n) is 5.23. The topological polar surface area (TPSA) is 79.0 Å². The molecule has 0 unspecified atom stereocenters. The molecule has 1 aliphatic rings. The van der Waals surface area contributed by atoms with E-state index in [-0.39, 0.29) is 17.4 Å². The zero-order valence-corrected chi connectivity index (χ0v) is 15.8. The molecule has 2 aromatic heterocycles. The Balaban J connectivity index is 1.53. The quantitative estimate of drug-likeness (QED) is 0.762. The number of hydrogen-bond acceptors (Lipinski definition) is 4. The lowest BCUT2D eigenvalue weighted by atomic mass is 9.96. The molecule has 1 atom stereocenters. The van der Waals surface area contributed by atoms with Crippen LogP contribution in [0.1, 0.15) is 36.1 Å². The van der Waals surface area contributed by atoms with Crippen LogP contribution in [-0.2, 0) is 17.8 Å². The molecule has 0 saturated carbocycles. The van der Waals surface area contributed by atoms with Gasteiger partial charge in [-0.05, 0) is 30.0 Å². The number of rotatable bonds is 4. The van der Waals surface area contributed by atoms with E-state index in [1.54, 1.807) is 24.5 Å². The third-order valence-corrected chi connectivity index (χ3v) is 5.23. The number of hydrogen-bond donors (Lipinski definition) is 1. The molecule has 28 heavy (non-hydrogen) atoms. The maximum atomic E-state index is 12.8. The predicted molar refractivity (Wildman–Crippen MR) is 107 cm³/mol. The molecule has 0 saturated heterocycles. The Labute approximate surface area is 163 Å². The van der Waals surface area contributed by atoms with Gasteiger partial charge >= 0.3 is 0 Å². The van der Waals surface area contributed by atoms with E-state index in [1.807, 2.05) is 35.2 Å². The van der Waals surface area contributed by atoms with Crippen LogP contribution in [0.25, 0.3) is 11.4 Å². The standard InChI is InChI=1S/C22H22N4O2/c1-15(16-5-3-2-4-6-16)13-20(27)26-12-9-18-19(14-26)24-21(25-22(18)28)17-7-10-23-11-8-17/h2-8,10-11,15H,9,12-14H2,1H3,(H,24,25,28)/t15-/m0/s1. The molecule has 0 spiro atoms. The smallest absolute Gasteiger partial charge is 0.254 e. The van der Waals surface area contributed by atoms with E-state index in [9.17, 15) is 9.59 Å². The van der Waals surface area contributed by atoms with Gasteiger partial charge in [0, 0.05) is 36.5 Å². The molecule has 0 bridgehead atoms. The maximum Gasteiger partial charge on any atom is 0.254 e. The zero-order chi connectivity index (χ0) is 19.5. The fourth-order valence-electron chi connectivity index (χ4n) is 3.59. The van der Waals surface area contributed by atoms with Crippen LogP contribution in [0.5, 0.6) is 0 Å². The highest BCUT2D eigenvalue weighted by atomic mass is 16.2. The average Bonchev–Trinajstić information content (AvgIpc) is 2.74. The van der Waals surface area contributed by atoms with Gasteiger partial charge in [0.05, 0.1) is 12.2 Å². The van der Waals surface area contributed by atoms with Gasteiger partial charge in [-0.25, -0.2) is 4.98 Å². The van der Waals surface area contributed by atoms with Crippen molar-refractivity contribution in [2.45, 2.75) is 32.2 Å². The van der Waals surface area contributed by atoms with Gasteiger partial charge in [0.25, 0.3) is 5.56 Å². The largest absolute Gasteiger partial charge is 0.336 e. The number of nitrogens with zero attached hydrogens (tertiary/aromatic N) is 3. The van der Waals surface area contributed by atoms with Crippen molar-refractivity contribution < 1.29 is 4.79 Å². The van der Waals surface area contributed by atoms with E-state index in [0.717, 1.165) is 11.1 Å². The number of H-pyrrole nitrogens is 1. The zero-order valence-electron chi connectivity index (χ0n) is 15.8. The lowest BCUT2D eigenvalue weighted by molar-refractivity contribution is -0.132. The molecule has 1 amide bonds. The Morgan fingerprint density at radius 2 is 1.93 bits per heavy atom. The van der Waals surface area contributed by atoms with Crippen molar-refractivity contribution >= 4 is 5.91 Å². The number of pyridine rings is 1. The molecular weight excluding hydrogens is 352 g/mol. The fraction of sp³-hybridized carbons (Fsp3) is 0.273. The molecule has 6 heteroatoms. The summed E-state index contributed by atoms with van der Waals surface area (Å²) in [5.41, 5.74) is 3.20. The summed E-state index contributed by atoms with van der Waals surface area (Å²) in [5, 5.41) is 0. The Morgan fingerprint density at radius 1 is 1.18 bits per heavy atom. The van der Waals surface area contributed by atoms with E-state index in [2.05, 4.69) is 21.9 Å². The predicted octanol–water partition coefficient (Wildman–Crippen LogP) is 2.91. The van der Waals surface area contributed by atoms with Crippen LogP contribution in [0.2, 0.25) is 0 Å². The molecule has 6 nitrogen and oxygen atoms in total. The van der Waals surface area contributed by atoms with Crippen molar-refractivity contribution in [1.82, 2.24) is 19.9 Å². The highest BCUT2D eigenvalue weighted by molar-refractivity contribution is 5.77. The van der Waals surface area contributed by atoms with Gasteiger partial charge in [0.2, 0.25) is 5.91 Å². The Morgan fingerprint density at radius 3 is 2.68 bits per heavy atom. The van der Waals surface area contributed by atoms with Crippen LogP contribution in [0.15, 0.2) is 59.7 Å². The van der Waals surface area contributed by atoms with Gasteiger partial charge in [-0.1, -0.05) is 37.3 Å². The fourth-order valence-corrected chi connectivity index (χ4v) is 3.59. The molecular formula is C22H22N4O2. The normalized spacial score (nSPS) is 14.4. The maximum absolute atomic E-state index is 12.8. The monoisotopic (exact) mass is 374 g/mol. The number of fused-ring (bicyclic) bond motifs is 1. The average molecular weight is 374 g/mol. The molecule has 0 aliphatic carbocycles. The van der Waals surface area contributed by atoms with Gasteiger partial charge < -0.3 is 9.88 Å². The van der Waals surface area contributed by atoms with E-state index >= 15 is 0 Å². The second kappa shape index (κ2) is 7.76. The van der Waals surface area contributed by atoms with Gasteiger partial charge in [-0.2, -0.15) is 0 Å². The van der Waals surface area contributed by atoms with E-state index < -0.39 is 0 Å². The van der Waals surface area contributed by atoms with Crippen LogP contribution in [-0.4, -0.2) is 32.3 Å². The number of aromatic nitrogens is 3. The summed E-state index contributed by atoms with van der Waals surface area (Å²) in [5.74, 6) is 0.752. The van der Waals surface area contributed by atoms with Gasteiger partial charge in [0.15, 0.2) is 0 Å². The minimum absolute atomic E-state index is 0.0922. The minimum Gasteiger partial charge on any atom is -0.336 e. The molecule has 3 heterocycles. The lowest BCUT2D eigenvalue weighted by Crippen LogP contribution is -2.39. The summed E-state index contributed by atoms with van der Waals surface area (Å²) in [7, 11) is 0.